The molecule has 0 bridgehead atoms. The van der Waals surface area contributed by atoms with Crippen molar-refractivity contribution < 1.29 is 19.5 Å². The van der Waals surface area contributed by atoms with E-state index in [1.807, 2.05) is 24.3 Å². The SMILES string of the molecule is C.Nc1c2c(nn1C(=O)c1cccc3[nH]c(Cl)cc13)CCCC2.Nc1n[nH]c2c1CCCC2.Nc1nn(C(=O)c2cccc3[nH]c(Cl)cc23)c2c1CCCC2.O=C(O)c1cccc2[nH]c(Cl)cc12. The minimum atomic E-state index is -0.943. The molecule has 12 rings (SSSR count). The summed E-state index contributed by atoms with van der Waals surface area (Å²) in [6.07, 6.45) is 12.6. The van der Waals surface area contributed by atoms with E-state index in [4.69, 9.17) is 57.1 Å². The highest BCUT2D eigenvalue weighted by atomic mass is 35.5. The quantitative estimate of drug-likeness (QED) is 0.0830. The average molecular weight is 978 g/mol. The van der Waals surface area contributed by atoms with Gasteiger partial charge in [0.15, 0.2) is 0 Å². The number of carboxylic acid groups (broad SMARTS) is 1. The molecular formula is C49H51Cl3N12O4. The minimum absolute atomic E-state index is 0. The van der Waals surface area contributed by atoms with E-state index in [0.717, 1.165) is 114 Å². The van der Waals surface area contributed by atoms with Gasteiger partial charge in [-0.1, -0.05) is 60.4 Å². The lowest BCUT2D eigenvalue weighted by Crippen LogP contribution is -2.18. The van der Waals surface area contributed by atoms with Crippen LogP contribution in [0.2, 0.25) is 15.5 Å². The molecule has 6 heterocycles. The zero-order valence-corrected chi connectivity index (χ0v) is 38.5. The lowest BCUT2D eigenvalue weighted by atomic mass is 9.97. The van der Waals surface area contributed by atoms with Crippen molar-refractivity contribution in [1.29, 1.82) is 0 Å². The molecule has 16 nitrogen and oxygen atoms in total. The summed E-state index contributed by atoms with van der Waals surface area (Å²) < 4.78 is 2.81. The molecule has 0 amide bonds. The first-order valence-corrected chi connectivity index (χ1v) is 23.2. The second kappa shape index (κ2) is 20.1. The Bertz CT molecular complexity index is 3330. The van der Waals surface area contributed by atoms with E-state index in [2.05, 4.69) is 35.3 Å². The standard InChI is InChI=1S/2C16H15ClN4O.C9H6ClNO2.C7H11N3.CH4/c17-14-8-11-9(5-3-6-12(11)19-14)16(22)21-13-7-2-1-4-10(13)15(18)20-21;17-14-8-11-9(5-3-7-12(11)19-14)16(22)21-15(18)10-4-1-2-6-13(10)20-21;10-8-4-6-5(9(12)13)2-1-3-7(6)11-8;8-7-5-3-1-2-4-6(5)9-10-7;/h3,5-6,8,19H,1-2,4,7H2,(H2,18,20);3,5,7-8,19H,1-2,4,6,18H2;1-4,11H,(H,12,13);1-4H2,(H3,8,9,10);1H4. The lowest BCUT2D eigenvalue weighted by Gasteiger charge is -2.13. The first-order chi connectivity index (χ1) is 32.4. The Morgan fingerprint density at radius 3 is 1.57 bits per heavy atom. The van der Waals surface area contributed by atoms with Crippen LogP contribution in [0.15, 0.2) is 72.8 Å². The van der Waals surface area contributed by atoms with Crippen molar-refractivity contribution in [3.05, 3.63) is 139 Å². The largest absolute Gasteiger partial charge is 0.478 e. The lowest BCUT2D eigenvalue weighted by molar-refractivity contribution is 0.0698. The summed E-state index contributed by atoms with van der Waals surface area (Å²) in [6.45, 7) is 0. The van der Waals surface area contributed by atoms with E-state index in [0.29, 0.717) is 49.4 Å². The number of nitrogens with zero attached hydrogens (tertiary/aromatic N) is 5. The number of fused-ring (bicyclic) bond motifs is 6. The minimum Gasteiger partial charge on any atom is -0.478 e. The number of anilines is 3. The predicted molar refractivity (Wildman–Crippen MR) is 269 cm³/mol. The Hall–Kier alpha value is -7.01. The molecule has 0 aliphatic heterocycles. The van der Waals surface area contributed by atoms with Crippen molar-refractivity contribution in [3.63, 3.8) is 0 Å². The maximum atomic E-state index is 12.9. The summed E-state index contributed by atoms with van der Waals surface area (Å²) in [7, 11) is 0. The van der Waals surface area contributed by atoms with Crippen LogP contribution in [-0.2, 0) is 38.5 Å². The number of nitrogen functional groups attached to an aromatic ring is 3. The number of hydrogen-bond acceptors (Lipinski definition) is 9. The van der Waals surface area contributed by atoms with Gasteiger partial charge in [0.2, 0.25) is 0 Å². The number of carbonyl (C=O) groups is 3. The van der Waals surface area contributed by atoms with E-state index in [1.165, 1.54) is 33.5 Å². The number of rotatable bonds is 3. The first kappa shape index (κ1) is 47.5. The van der Waals surface area contributed by atoms with Crippen molar-refractivity contribution in [1.82, 2.24) is 44.7 Å². The van der Waals surface area contributed by atoms with E-state index in [-0.39, 0.29) is 24.8 Å². The molecule has 19 heteroatoms. The van der Waals surface area contributed by atoms with Gasteiger partial charge in [0.05, 0.1) is 28.1 Å². The molecule has 11 N–H and O–H groups in total. The average Bonchev–Trinajstić information content (AvgIpc) is 4.20. The fourth-order valence-electron chi connectivity index (χ4n) is 9.19. The summed E-state index contributed by atoms with van der Waals surface area (Å²) in [5, 5.41) is 28.1. The fourth-order valence-corrected chi connectivity index (χ4v) is 9.82. The molecular weight excluding hydrogens is 927 g/mol. The number of halogens is 3. The molecule has 0 spiro atoms. The number of aromatic amines is 4. The van der Waals surface area contributed by atoms with Gasteiger partial charge in [-0.3, -0.25) is 14.7 Å². The Labute approximate surface area is 405 Å². The highest BCUT2D eigenvalue weighted by Crippen LogP contribution is 2.31. The van der Waals surface area contributed by atoms with Crippen LogP contribution in [-0.4, -0.2) is 67.6 Å². The Kier molecular flexibility index (Phi) is 14.0. The number of benzene rings is 3. The highest BCUT2D eigenvalue weighted by Gasteiger charge is 2.26. The second-order valence-electron chi connectivity index (χ2n) is 16.7. The molecule has 3 aliphatic carbocycles. The number of aromatic carboxylic acids is 1. The number of nitrogens with one attached hydrogen (secondary N) is 4. The van der Waals surface area contributed by atoms with Crippen molar-refractivity contribution in [3.8, 4) is 0 Å². The smallest absolute Gasteiger partial charge is 0.336 e. The molecule has 3 aliphatic rings. The van der Waals surface area contributed by atoms with Gasteiger partial charge >= 0.3 is 5.97 Å². The van der Waals surface area contributed by atoms with Gasteiger partial charge in [0, 0.05) is 55.1 Å². The summed E-state index contributed by atoms with van der Waals surface area (Å²) in [5.74, 6) is 0.334. The Morgan fingerprint density at radius 1 is 0.559 bits per heavy atom. The van der Waals surface area contributed by atoms with E-state index >= 15 is 0 Å². The van der Waals surface area contributed by atoms with Crippen molar-refractivity contribution in [2.24, 2.45) is 0 Å². The van der Waals surface area contributed by atoms with Gasteiger partial charge in [0.25, 0.3) is 11.8 Å². The summed E-state index contributed by atoms with van der Waals surface area (Å²) in [5.41, 5.74) is 28.0. The van der Waals surface area contributed by atoms with Gasteiger partial charge in [-0.2, -0.15) is 19.6 Å². The van der Waals surface area contributed by atoms with Crippen LogP contribution in [0.1, 0.15) is 111 Å². The molecule has 0 saturated heterocycles. The van der Waals surface area contributed by atoms with E-state index in [9.17, 15) is 14.4 Å². The normalized spacial score (nSPS) is 13.7. The Balaban J connectivity index is 0.000000128. The summed E-state index contributed by atoms with van der Waals surface area (Å²) >= 11 is 17.7. The zero-order valence-electron chi connectivity index (χ0n) is 36.2. The molecule has 9 aromatic rings. The molecule has 0 saturated carbocycles. The third-order valence-electron chi connectivity index (χ3n) is 12.5. The molecule has 0 atom stereocenters. The third-order valence-corrected chi connectivity index (χ3v) is 13.1. The number of nitrogens with two attached hydrogens (primary N) is 3. The number of carbonyl (C=O) groups excluding carboxylic acids is 2. The highest BCUT2D eigenvalue weighted by molar-refractivity contribution is 6.32. The van der Waals surface area contributed by atoms with Crippen LogP contribution in [0, 0.1) is 0 Å². The molecule has 6 aromatic heterocycles. The number of aryl methyl sites for hydroxylation is 2. The van der Waals surface area contributed by atoms with Gasteiger partial charge in [-0.15, -0.1) is 5.10 Å². The number of carboxylic acids is 1. The Morgan fingerprint density at radius 2 is 1.03 bits per heavy atom. The summed E-state index contributed by atoms with van der Waals surface area (Å²) in [4.78, 5) is 45.5. The monoisotopic (exact) mass is 976 g/mol. The molecule has 68 heavy (non-hydrogen) atoms. The molecule has 0 radical (unpaired) electrons. The molecule has 352 valence electrons. The van der Waals surface area contributed by atoms with E-state index < -0.39 is 5.97 Å². The molecule has 3 aromatic carbocycles. The first-order valence-electron chi connectivity index (χ1n) is 22.0. The van der Waals surface area contributed by atoms with Crippen molar-refractivity contribution >= 4 is 103 Å². The van der Waals surface area contributed by atoms with Crippen LogP contribution in [0.5, 0.6) is 0 Å². The van der Waals surface area contributed by atoms with Crippen LogP contribution >= 0.6 is 34.8 Å². The van der Waals surface area contributed by atoms with Crippen LogP contribution in [0.3, 0.4) is 0 Å². The van der Waals surface area contributed by atoms with Crippen molar-refractivity contribution in [2.75, 3.05) is 17.2 Å². The second-order valence-corrected chi connectivity index (χ2v) is 17.9. The van der Waals surface area contributed by atoms with Gasteiger partial charge in [0.1, 0.15) is 32.9 Å². The number of aromatic nitrogens is 9. The predicted octanol–water partition coefficient (Wildman–Crippen LogP) is 10.4. The van der Waals surface area contributed by atoms with Crippen LogP contribution in [0.25, 0.3) is 32.7 Å². The topological polar surface area (TPSA) is 261 Å². The third kappa shape index (κ3) is 9.44. The van der Waals surface area contributed by atoms with Gasteiger partial charge in [-0.05, 0) is 132 Å². The van der Waals surface area contributed by atoms with Crippen LogP contribution < -0.4 is 17.2 Å². The fraction of sp³-hybridized carbons (Fsp3) is 0.265. The maximum absolute atomic E-state index is 12.9. The summed E-state index contributed by atoms with van der Waals surface area (Å²) in [6, 6.07) is 21.1. The number of hydrogen-bond donors (Lipinski definition) is 8. The van der Waals surface area contributed by atoms with Gasteiger partial charge < -0.3 is 37.3 Å². The van der Waals surface area contributed by atoms with Crippen molar-refractivity contribution in [2.45, 2.75) is 84.5 Å². The molecule has 0 fully saturated rings. The van der Waals surface area contributed by atoms with E-state index in [1.54, 1.807) is 48.5 Å². The number of H-pyrrole nitrogens is 4. The van der Waals surface area contributed by atoms with Gasteiger partial charge in [-0.25, -0.2) is 4.79 Å². The molecule has 0 unspecified atom stereocenters. The maximum Gasteiger partial charge on any atom is 0.336 e. The van der Waals surface area contributed by atoms with Crippen LogP contribution in [0.4, 0.5) is 17.5 Å². The zero-order chi connectivity index (χ0) is 46.9.